The molecule has 10 nitrogen and oxygen atoms in total. The van der Waals surface area contributed by atoms with Gasteiger partial charge < -0.3 is 15.4 Å². The molecule has 0 spiro atoms. The van der Waals surface area contributed by atoms with Crippen molar-refractivity contribution in [3.63, 3.8) is 0 Å². The van der Waals surface area contributed by atoms with Gasteiger partial charge in [-0.25, -0.2) is 19.6 Å². The number of unbranched alkanes of at least 4 members (excludes halogenated alkanes) is 2. The summed E-state index contributed by atoms with van der Waals surface area (Å²) in [6.07, 6.45) is -1.27. The number of carbonyl (C=O) groups excluding carboxylic acids is 2. The van der Waals surface area contributed by atoms with Gasteiger partial charge in [-0.2, -0.15) is 18.3 Å². The van der Waals surface area contributed by atoms with Gasteiger partial charge in [-0.1, -0.05) is 43.5 Å². The summed E-state index contributed by atoms with van der Waals surface area (Å²) in [7, 11) is 0. The first-order valence-electron chi connectivity index (χ1n) is 11.8. The van der Waals surface area contributed by atoms with Gasteiger partial charge in [-0.05, 0) is 36.8 Å². The van der Waals surface area contributed by atoms with Gasteiger partial charge in [0.25, 0.3) is 0 Å². The van der Waals surface area contributed by atoms with E-state index in [4.69, 9.17) is 16.3 Å². The number of alkyl halides is 3. The van der Waals surface area contributed by atoms with Gasteiger partial charge in [0.2, 0.25) is 0 Å². The molecule has 39 heavy (non-hydrogen) atoms. The summed E-state index contributed by atoms with van der Waals surface area (Å²) in [6.45, 7) is 2.35. The number of H-pyrrole nitrogens is 1. The van der Waals surface area contributed by atoms with Crippen molar-refractivity contribution >= 4 is 52.0 Å². The third-order valence-corrected chi connectivity index (χ3v) is 5.83. The van der Waals surface area contributed by atoms with Crippen molar-refractivity contribution in [3.05, 3.63) is 59.4 Å². The van der Waals surface area contributed by atoms with E-state index >= 15 is 0 Å². The maximum atomic E-state index is 13.1. The third-order valence-electron chi connectivity index (χ3n) is 5.50. The van der Waals surface area contributed by atoms with Gasteiger partial charge in [0.15, 0.2) is 5.82 Å². The zero-order valence-corrected chi connectivity index (χ0v) is 21.3. The number of hydrogen-bond donors (Lipinski definition) is 4. The van der Waals surface area contributed by atoms with E-state index in [9.17, 15) is 22.8 Å². The van der Waals surface area contributed by atoms with Gasteiger partial charge in [0, 0.05) is 16.9 Å². The molecule has 2 heterocycles. The number of benzene rings is 2. The molecule has 4 N–H and O–H groups in total. The number of halogens is 4. The Morgan fingerprint density at radius 3 is 2.44 bits per heavy atom. The fourth-order valence-electron chi connectivity index (χ4n) is 3.61. The van der Waals surface area contributed by atoms with Crippen LogP contribution in [0.2, 0.25) is 5.02 Å². The number of hydrogen-bond acceptors (Lipinski definition) is 6. The first-order chi connectivity index (χ1) is 18.7. The van der Waals surface area contributed by atoms with Crippen LogP contribution in [0.3, 0.4) is 0 Å². The molecule has 0 saturated heterocycles. The largest absolute Gasteiger partial charge is 0.449 e. The molecule has 0 aliphatic rings. The van der Waals surface area contributed by atoms with Gasteiger partial charge in [0.05, 0.1) is 17.2 Å². The van der Waals surface area contributed by atoms with Crippen LogP contribution >= 0.6 is 11.6 Å². The molecule has 0 unspecified atom stereocenters. The number of ether oxygens (including phenoxy) is 1. The monoisotopic (exact) mass is 561 g/mol. The zero-order valence-electron chi connectivity index (χ0n) is 20.5. The summed E-state index contributed by atoms with van der Waals surface area (Å²) < 4.78 is 44.3. The lowest BCUT2D eigenvalue weighted by Crippen LogP contribution is -2.19. The van der Waals surface area contributed by atoms with Gasteiger partial charge in [0.1, 0.15) is 23.1 Å². The topological polar surface area (TPSA) is 134 Å². The van der Waals surface area contributed by atoms with Gasteiger partial charge >= 0.3 is 18.3 Å². The van der Waals surface area contributed by atoms with Crippen molar-refractivity contribution in [2.45, 2.75) is 32.4 Å². The van der Waals surface area contributed by atoms with E-state index in [0.29, 0.717) is 34.6 Å². The van der Waals surface area contributed by atoms with Crippen LogP contribution in [0.5, 0.6) is 0 Å². The maximum Gasteiger partial charge on any atom is 0.417 e. The van der Waals surface area contributed by atoms with Crippen LogP contribution < -0.4 is 16.0 Å². The van der Waals surface area contributed by atoms with Gasteiger partial charge in [-0.3, -0.25) is 10.4 Å². The van der Waals surface area contributed by atoms with E-state index in [1.807, 2.05) is 0 Å². The highest BCUT2D eigenvalue weighted by Gasteiger charge is 2.33. The predicted molar refractivity (Wildman–Crippen MR) is 141 cm³/mol. The summed E-state index contributed by atoms with van der Waals surface area (Å²) in [5.74, 6) is 0.213. The van der Waals surface area contributed by atoms with Crippen LogP contribution in [0.25, 0.3) is 22.3 Å². The molecule has 0 saturated carbocycles. The number of rotatable bonds is 8. The van der Waals surface area contributed by atoms with Crippen LogP contribution in [0.15, 0.2) is 48.8 Å². The highest BCUT2D eigenvalue weighted by atomic mass is 35.5. The number of aromatic nitrogens is 4. The summed E-state index contributed by atoms with van der Waals surface area (Å²) >= 11 is 5.61. The van der Waals surface area contributed by atoms with Crippen LogP contribution in [0, 0.1) is 0 Å². The zero-order chi connectivity index (χ0) is 28.0. The standard InChI is InChI=1S/C25H23ClF3N7O3/c1-2-3-4-11-39-24(38)34-22-21-20(30-13-31-22)19(35-36-21)14-5-7-15(8-6-14)32-23(37)33-16-9-10-18(26)17(12-16)25(27,28)29/h5-10,12-13H,2-4,11H2,1H3,(H,35,36)(H2,32,33,37)(H,30,31,34,38). The molecule has 2 aromatic heterocycles. The Bertz CT molecular complexity index is 1480. The molecule has 0 radical (unpaired) electrons. The molecule has 4 aromatic rings. The average Bonchev–Trinajstić information content (AvgIpc) is 3.33. The molecule has 4 rings (SSSR count). The Morgan fingerprint density at radius 2 is 1.72 bits per heavy atom. The van der Waals surface area contributed by atoms with E-state index in [0.717, 1.165) is 31.4 Å². The number of carbonyl (C=O) groups is 2. The van der Waals surface area contributed by atoms with Crippen LogP contribution in [0.4, 0.5) is 40.0 Å². The molecule has 0 fully saturated rings. The SMILES string of the molecule is CCCCCOC(=O)Nc1ncnc2c(-c3ccc(NC(=O)Nc4ccc(Cl)c(C(F)(F)F)c4)cc3)n[nH]c12. The summed E-state index contributed by atoms with van der Waals surface area (Å²) in [5, 5.41) is 14.1. The minimum absolute atomic E-state index is 0.0715. The van der Waals surface area contributed by atoms with Crippen LogP contribution in [-0.4, -0.2) is 38.9 Å². The number of aromatic amines is 1. The van der Waals surface area contributed by atoms with E-state index in [1.165, 1.54) is 12.4 Å². The molecule has 0 aliphatic carbocycles. The van der Waals surface area contributed by atoms with E-state index in [2.05, 4.69) is 43.0 Å². The van der Waals surface area contributed by atoms with Crippen molar-refractivity contribution in [1.82, 2.24) is 20.2 Å². The Kier molecular flexibility index (Phi) is 8.49. The summed E-state index contributed by atoms with van der Waals surface area (Å²) in [6, 6.07) is 8.86. The van der Waals surface area contributed by atoms with Crippen molar-refractivity contribution < 1.29 is 27.5 Å². The first kappa shape index (κ1) is 27.6. The highest BCUT2D eigenvalue weighted by Crippen LogP contribution is 2.36. The smallest absolute Gasteiger partial charge is 0.417 e. The number of amides is 3. The van der Waals surface area contributed by atoms with E-state index < -0.39 is 28.9 Å². The molecule has 204 valence electrons. The number of nitrogens with one attached hydrogen (secondary N) is 4. The number of anilines is 3. The van der Waals surface area contributed by atoms with Crippen molar-refractivity contribution in [1.29, 1.82) is 0 Å². The molecule has 3 amide bonds. The maximum absolute atomic E-state index is 13.1. The molecule has 2 aromatic carbocycles. The van der Waals surface area contributed by atoms with E-state index in [1.54, 1.807) is 24.3 Å². The molecule has 14 heteroatoms. The fraction of sp³-hybridized carbons (Fsp3) is 0.240. The average molecular weight is 562 g/mol. The Balaban J connectivity index is 1.42. The van der Waals surface area contributed by atoms with Crippen molar-refractivity contribution in [2.75, 3.05) is 22.6 Å². The molecular weight excluding hydrogens is 539 g/mol. The highest BCUT2D eigenvalue weighted by molar-refractivity contribution is 6.31. The number of nitrogens with zero attached hydrogens (tertiary/aromatic N) is 3. The lowest BCUT2D eigenvalue weighted by molar-refractivity contribution is -0.137. The lowest BCUT2D eigenvalue weighted by atomic mass is 10.1. The first-order valence-corrected chi connectivity index (χ1v) is 12.2. The Labute approximate surface area is 225 Å². The van der Waals surface area contributed by atoms with Crippen LogP contribution in [-0.2, 0) is 10.9 Å². The molecule has 0 aliphatic heterocycles. The summed E-state index contributed by atoms with van der Waals surface area (Å²) in [4.78, 5) is 32.8. The Hall–Kier alpha value is -4.39. The molecule has 0 atom stereocenters. The fourth-order valence-corrected chi connectivity index (χ4v) is 3.83. The van der Waals surface area contributed by atoms with E-state index in [-0.39, 0.29) is 11.5 Å². The summed E-state index contributed by atoms with van der Waals surface area (Å²) in [5.41, 5.74) is 1.23. The van der Waals surface area contributed by atoms with Crippen molar-refractivity contribution in [2.24, 2.45) is 0 Å². The second-order valence-electron chi connectivity index (χ2n) is 8.33. The minimum atomic E-state index is -4.66. The van der Waals surface area contributed by atoms with Gasteiger partial charge in [-0.15, -0.1) is 0 Å². The third kappa shape index (κ3) is 6.93. The second kappa shape index (κ2) is 12.0. The molecule has 0 bridgehead atoms. The van der Waals surface area contributed by atoms with Crippen LogP contribution in [0.1, 0.15) is 31.7 Å². The normalized spacial score (nSPS) is 11.3. The molecular formula is C25H23ClF3N7O3. The second-order valence-corrected chi connectivity index (χ2v) is 8.74. The quantitative estimate of drug-likeness (QED) is 0.170. The number of urea groups is 1. The minimum Gasteiger partial charge on any atom is -0.449 e. The number of fused-ring (bicyclic) bond motifs is 1. The lowest BCUT2D eigenvalue weighted by Gasteiger charge is -2.12. The Morgan fingerprint density at radius 1 is 1.00 bits per heavy atom. The van der Waals surface area contributed by atoms with Crippen molar-refractivity contribution in [3.8, 4) is 11.3 Å². The predicted octanol–water partition coefficient (Wildman–Crippen LogP) is 7.07.